The summed E-state index contributed by atoms with van der Waals surface area (Å²) < 4.78 is 0. The summed E-state index contributed by atoms with van der Waals surface area (Å²) in [5.74, 6) is 0.882. The second kappa shape index (κ2) is 5.11. The van der Waals surface area contributed by atoms with Crippen LogP contribution in [0.25, 0.3) is 11.0 Å². The van der Waals surface area contributed by atoms with Gasteiger partial charge in [0, 0.05) is 5.69 Å². The molecule has 1 aromatic heterocycles. The number of hydrogen-bond donors (Lipinski definition) is 2. The second-order valence-corrected chi connectivity index (χ2v) is 5.00. The summed E-state index contributed by atoms with van der Waals surface area (Å²) in [4.78, 5) is 7.75. The van der Waals surface area contributed by atoms with Crippen molar-refractivity contribution >= 4 is 39.9 Å². The van der Waals surface area contributed by atoms with Gasteiger partial charge in [-0.2, -0.15) is 0 Å². The highest BCUT2D eigenvalue weighted by Crippen LogP contribution is 2.25. The fraction of sp³-hybridized carbons (Fsp3) is 0.0714. The molecule has 3 nitrogen and oxygen atoms in total. The Labute approximate surface area is 120 Å². The number of para-hydroxylation sites is 2. The molecule has 0 bridgehead atoms. The lowest BCUT2D eigenvalue weighted by molar-refractivity contribution is 1.01. The van der Waals surface area contributed by atoms with Crippen LogP contribution in [0, 0.1) is 0 Å². The summed E-state index contributed by atoms with van der Waals surface area (Å²) in [6.07, 6.45) is 0. The van der Waals surface area contributed by atoms with Crippen molar-refractivity contribution in [2.24, 2.45) is 0 Å². The fourth-order valence-corrected chi connectivity index (χ4v) is 2.18. The minimum absolute atomic E-state index is 0.538. The number of nitrogens with one attached hydrogen (secondary N) is 2. The molecule has 0 radical (unpaired) electrons. The molecule has 0 fully saturated rings. The number of nitrogens with zero attached hydrogens (tertiary/aromatic N) is 1. The Balaban J connectivity index is 1.76. The maximum Gasteiger partial charge on any atom is 0.126 e. The molecule has 0 aliphatic rings. The van der Waals surface area contributed by atoms with E-state index in [1.54, 1.807) is 12.1 Å². The summed E-state index contributed by atoms with van der Waals surface area (Å²) in [5, 5.41) is 4.34. The Bertz CT molecular complexity index is 689. The summed E-state index contributed by atoms with van der Waals surface area (Å²) in [5.41, 5.74) is 2.91. The van der Waals surface area contributed by atoms with Crippen molar-refractivity contribution in [1.82, 2.24) is 9.97 Å². The number of anilines is 1. The van der Waals surface area contributed by atoms with Crippen LogP contribution in [-0.2, 0) is 6.54 Å². The van der Waals surface area contributed by atoms with Gasteiger partial charge >= 0.3 is 0 Å². The molecule has 96 valence electrons. The van der Waals surface area contributed by atoms with E-state index in [-0.39, 0.29) is 0 Å². The molecule has 0 unspecified atom stereocenters. The van der Waals surface area contributed by atoms with E-state index in [1.807, 2.05) is 30.3 Å². The van der Waals surface area contributed by atoms with Crippen LogP contribution in [0.4, 0.5) is 5.69 Å². The lowest BCUT2D eigenvalue weighted by Gasteiger charge is -2.05. The number of hydrogen-bond acceptors (Lipinski definition) is 2. The van der Waals surface area contributed by atoms with E-state index in [1.165, 1.54) is 0 Å². The van der Waals surface area contributed by atoms with E-state index in [9.17, 15) is 0 Å². The molecule has 1 heterocycles. The summed E-state index contributed by atoms with van der Waals surface area (Å²) in [7, 11) is 0. The monoisotopic (exact) mass is 291 g/mol. The van der Waals surface area contributed by atoms with Crippen molar-refractivity contribution < 1.29 is 0 Å². The zero-order chi connectivity index (χ0) is 13.2. The van der Waals surface area contributed by atoms with Crippen molar-refractivity contribution in [3.63, 3.8) is 0 Å². The Morgan fingerprint density at radius 3 is 2.68 bits per heavy atom. The third kappa shape index (κ3) is 2.67. The van der Waals surface area contributed by atoms with Gasteiger partial charge in [-0.05, 0) is 30.3 Å². The highest BCUT2D eigenvalue weighted by atomic mass is 35.5. The molecule has 0 saturated heterocycles. The highest BCUT2D eigenvalue weighted by Gasteiger charge is 2.03. The Kier molecular flexibility index (Phi) is 3.32. The van der Waals surface area contributed by atoms with E-state index in [0.717, 1.165) is 22.5 Å². The first-order chi connectivity index (χ1) is 9.22. The van der Waals surface area contributed by atoms with Crippen molar-refractivity contribution in [2.75, 3.05) is 5.32 Å². The first-order valence-electron chi connectivity index (χ1n) is 5.85. The number of aromatic nitrogens is 2. The Morgan fingerprint density at radius 1 is 1.05 bits per heavy atom. The number of benzene rings is 2. The summed E-state index contributed by atoms with van der Waals surface area (Å²) >= 11 is 11.8. The minimum atomic E-state index is 0.538. The third-order valence-electron chi connectivity index (χ3n) is 2.82. The Hall–Kier alpha value is -1.71. The molecule has 5 heteroatoms. The van der Waals surface area contributed by atoms with E-state index in [4.69, 9.17) is 23.2 Å². The van der Waals surface area contributed by atoms with Crippen LogP contribution in [0.15, 0.2) is 42.5 Å². The lowest BCUT2D eigenvalue weighted by atomic mass is 10.3. The van der Waals surface area contributed by atoms with Crippen LogP contribution in [0.5, 0.6) is 0 Å². The molecule has 0 aliphatic carbocycles. The highest BCUT2D eigenvalue weighted by molar-refractivity contribution is 6.42. The second-order valence-electron chi connectivity index (χ2n) is 4.18. The zero-order valence-corrected chi connectivity index (χ0v) is 11.5. The molecule has 0 aliphatic heterocycles. The van der Waals surface area contributed by atoms with Crippen LogP contribution >= 0.6 is 23.2 Å². The molecule has 2 aromatic carbocycles. The zero-order valence-electron chi connectivity index (χ0n) is 9.95. The maximum atomic E-state index is 5.96. The van der Waals surface area contributed by atoms with E-state index < -0.39 is 0 Å². The van der Waals surface area contributed by atoms with Gasteiger partial charge in [-0.15, -0.1) is 0 Å². The van der Waals surface area contributed by atoms with Gasteiger partial charge in [-0.3, -0.25) is 0 Å². The van der Waals surface area contributed by atoms with Crippen molar-refractivity contribution in [1.29, 1.82) is 0 Å². The van der Waals surface area contributed by atoms with Gasteiger partial charge in [-0.25, -0.2) is 4.98 Å². The Morgan fingerprint density at radius 2 is 1.89 bits per heavy atom. The average Bonchev–Trinajstić information content (AvgIpc) is 2.83. The molecule has 0 amide bonds. The van der Waals surface area contributed by atoms with E-state index >= 15 is 0 Å². The van der Waals surface area contributed by atoms with E-state index in [0.29, 0.717) is 16.6 Å². The summed E-state index contributed by atoms with van der Waals surface area (Å²) in [6, 6.07) is 13.4. The minimum Gasteiger partial charge on any atom is -0.378 e. The van der Waals surface area contributed by atoms with Gasteiger partial charge in [-0.1, -0.05) is 35.3 Å². The van der Waals surface area contributed by atoms with E-state index in [2.05, 4.69) is 15.3 Å². The average molecular weight is 292 g/mol. The quantitative estimate of drug-likeness (QED) is 0.747. The SMILES string of the molecule is Clc1ccc(NCc2nc3ccccc3[nH]2)cc1Cl. The van der Waals surface area contributed by atoms with Gasteiger partial charge in [0.15, 0.2) is 0 Å². The molecule has 0 spiro atoms. The standard InChI is InChI=1S/C14H11Cl2N3/c15-10-6-5-9(7-11(10)16)17-8-14-18-12-3-1-2-4-13(12)19-14/h1-7,17H,8H2,(H,18,19). The lowest BCUT2D eigenvalue weighted by Crippen LogP contribution is -2.00. The fourth-order valence-electron chi connectivity index (χ4n) is 1.88. The van der Waals surface area contributed by atoms with Gasteiger partial charge in [0.25, 0.3) is 0 Å². The first kappa shape index (κ1) is 12.3. The van der Waals surface area contributed by atoms with Crippen LogP contribution in [0.3, 0.4) is 0 Å². The first-order valence-corrected chi connectivity index (χ1v) is 6.60. The van der Waals surface area contributed by atoms with Gasteiger partial charge < -0.3 is 10.3 Å². The van der Waals surface area contributed by atoms with Gasteiger partial charge in [0.1, 0.15) is 5.82 Å². The van der Waals surface area contributed by atoms with Crippen molar-refractivity contribution in [2.45, 2.75) is 6.54 Å². The largest absolute Gasteiger partial charge is 0.378 e. The molecule has 0 saturated carbocycles. The topological polar surface area (TPSA) is 40.7 Å². The normalized spacial score (nSPS) is 10.8. The van der Waals surface area contributed by atoms with Crippen LogP contribution in [0.2, 0.25) is 10.0 Å². The molecule has 3 aromatic rings. The smallest absolute Gasteiger partial charge is 0.126 e. The number of rotatable bonds is 3. The molecule has 3 rings (SSSR count). The van der Waals surface area contributed by atoms with Crippen LogP contribution < -0.4 is 5.32 Å². The maximum absolute atomic E-state index is 5.96. The number of halogens is 2. The van der Waals surface area contributed by atoms with Crippen molar-refractivity contribution in [3.05, 3.63) is 58.3 Å². The number of H-pyrrole nitrogens is 1. The van der Waals surface area contributed by atoms with Crippen LogP contribution in [0.1, 0.15) is 5.82 Å². The third-order valence-corrected chi connectivity index (χ3v) is 3.56. The summed E-state index contributed by atoms with van der Waals surface area (Å²) in [6.45, 7) is 0.604. The van der Waals surface area contributed by atoms with Crippen molar-refractivity contribution in [3.8, 4) is 0 Å². The molecular weight excluding hydrogens is 281 g/mol. The predicted octanol–water partition coefficient (Wildman–Crippen LogP) is 4.48. The molecular formula is C14H11Cl2N3. The molecule has 2 N–H and O–H groups in total. The van der Waals surface area contributed by atoms with Gasteiger partial charge in [0.05, 0.1) is 27.6 Å². The van der Waals surface area contributed by atoms with Gasteiger partial charge in [0.2, 0.25) is 0 Å². The van der Waals surface area contributed by atoms with Crippen LogP contribution in [-0.4, -0.2) is 9.97 Å². The molecule has 19 heavy (non-hydrogen) atoms. The number of fused-ring (bicyclic) bond motifs is 1. The number of aromatic amines is 1. The predicted molar refractivity (Wildman–Crippen MR) is 79.9 cm³/mol. The molecule has 0 atom stereocenters. The number of imidazole rings is 1.